The normalized spacial score (nSPS) is 19.9. The van der Waals surface area contributed by atoms with Gasteiger partial charge < -0.3 is 10.3 Å². The highest BCUT2D eigenvalue weighted by Gasteiger charge is 2.25. The average molecular weight is 232 g/mol. The molecule has 0 spiro atoms. The number of halogens is 1. The molecular weight excluding hydrogens is 219 g/mol. The summed E-state index contributed by atoms with van der Waals surface area (Å²) in [5, 5.41) is 3.99. The number of carbonyl (C=O) groups is 1. The zero-order valence-corrected chi connectivity index (χ0v) is 9.29. The van der Waals surface area contributed by atoms with Crippen LogP contribution in [0.25, 0.3) is 10.9 Å². The van der Waals surface area contributed by atoms with Crippen molar-refractivity contribution in [1.29, 1.82) is 0 Å². The zero-order chi connectivity index (χ0) is 11.8. The molecule has 1 aromatic carbocycles. The van der Waals surface area contributed by atoms with Gasteiger partial charge in [0.15, 0.2) is 5.78 Å². The first-order chi connectivity index (χ1) is 8.25. The van der Waals surface area contributed by atoms with Crippen molar-refractivity contribution in [2.24, 2.45) is 5.92 Å². The lowest BCUT2D eigenvalue weighted by Gasteiger charge is -2.05. The van der Waals surface area contributed by atoms with Crippen LogP contribution in [0.4, 0.5) is 4.39 Å². The number of aromatic nitrogens is 1. The Kier molecular flexibility index (Phi) is 2.44. The Labute approximate surface area is 98.0 Å². The highest BCUT2D eigenvalue weighted by molar-refractivity contribution is 6.09. The maximum absolute atomic E-state index is 13.0. The van der Waals surface area contributed by atoms with Gasteiger partial charge in [0.1, 0.15) is 5.82 Å². The first-order valence-corrected chi connectivity index (χ1v) is 5.77. The molecule has 1 saturated heterocycles. The van der Waals surface area contributed by atoms with Crippen LogP contribution in [0.2, 0.25) is 0 Å². The number of aromatic amines is 1. The summed E-state index contributed by atoms with van der Waals surface area (Å²) in [6, 6.07) is 4.47. The van der Waals surface area contributed by atoms with Crippen molar-refractivity contribution in [3.63, 3.8) is 0 Å². The number of rotatable bonds is 2. The number of ketones is 1. The second-order valence-electron chi connectivity index (χ2n) is 4.45. The summed E-state index contributed by atoms with van der Waals surface area (Å²) in [5.74, 6) is -0.0900. The van der Waals surface area contributed by atoms with Crippen LogP contribution in [0.1, 0.15) is 16.8 Å². The third kappa shape index (κ3) is 1.74. The van der Waals surface area contributed by atoms with Crippen LogP contribution in [0.5, 0.6) is 0 Å². The number of hydrogen-bond donors (Lipinski definition) is 2. The SMILES string of the molecule is O=C(c1c[nH]c2cc(F)ccc12)C1CCNC1. The molecule has 2 heterocycles. The van der Waals surface area contributed by atoms with Gasteiger partial charge in [-0.15, -0.1) is 0 Å². The van der Waals surface area contributed by atoms with Crippen molar-refractivity contribution >= 4 is 16.7 Å². The van der Waals surface area contributed by atoms with Gasteiger partial charge >= 0.3 is 0 Å². The van der Waals surface area contributed by atoms with E-state index in [2.05, 4.69) is 10.3 Å². The van der Waals surface area contributed by atoms with E-state index in [-0.39, 0.29) is 17.5 Å². The number of carbonyl (C=O) groups excluding carboxylic acids is 1. The minimum Gasteiger partial charge on any atom is -0.360 e. The van der Waals surface area contributed by atoms with Crippen LogP contribution in [0, 0.1) is 11.7 Å². The third-order valence-electron chi connectivity index (χ3n) is 3.34. The predicted octanol–water partition coefficient (Wildman–Crippen LogP) is 2.10. The summed E-state index contributed by atoms with van der Waals surface area (Å²) in [6.45, 7) is 1.64. The maximum Gasteiger partial charge on any atom is 0.169 e. The van der Waals surface area contributed by atoms with Gasteiger partial charge in [0.05, 0.1) is 0 Å². The van der Waals surface area contributed by atoms with Crippen molar-refractivity contribution in [2.45, 2.75) is 6.42 Å². The van der Waals surface area contributed by atoms with Crippen LogP contribution >= 0.6 is 0 Å². The maximum atomic E-state index is 13.0. The number of nitrogens with one attached hydrogen (secondary N) is 2. The Hall–Kier alpha value is -1.68. The van der Waals surface area contributed by atoms with Crippen molar-refractivity contribution in [3.05, 3.63) is 35.8 Å². The van der Waals surface area contributed by atoms with Gasteiger partial charge in [-0.1, -0.05) is 0 Å². The second-order valence-corrected chi connectivity index (χ2v) is 4.45. The summed E-state index contributed by atoms with van der Waals surface area (Å²) in [5.41, 5.74) is 1.35. The minimum absolute atomic E-state index is 0.0547. The molecule has 1 fully saturated rings. The Balaban J connectivity index is 2.02. The molecule has 88 valence electrons. The average Bonchev–Trinajstić information content (AvgIpc) is 2.96. The van der Waals surface area contributed by atoms with Crippen molar-refractivity contribution in [2.75, 3.05) is 13.1 Å². The van der Waals surface area contributed by atoms with E-state index < -0.39 is 0 Å². The van der Waals surface area contributed by atoms with Crippen molar-refractivity contribution in [3.8, 4) is 0 Å². The molecule has 0 amide bonds. The van der Waals surface area contributed by atoms with E-state index in [9.17, 15) is 9.18 Å². The summed E-state index contributed by atoms with van der Waals surface area (Å²) >= 11 is 0. The molecule has 0 saturated carbocycles. The summed E-state index contributed by atoms with van der Waals surface area (Å²) in [6.07, 6.45) is 2.57. The Morgan fingerprint density at radius 3 is 3.06 bits per heavy atom. The van der Waals surface area contributed by atoms with Gasteiger partial charge in [-0.25, -0.2) is 4.39 Å². The lowest BCUT2D eigenvalue weighted by atomic mass is 9.97. The molecule has 1 aliphatic rings. The van der Waals surface area contributed by atoms with Crippen LogP contribution in [-0.4, -0.2) is 23.9 Å². The van der Waals surface area contributed by atoms with Crippen LogP contribution < -0.4 is 5.32 Å². The molecule has 3 nitrogen and oxygen atoms in total. The van der Waals surface area contributed by atoms with Gasteiger partial charge in [-0.2, -0.15) is 0 Å². The predicted molar refractivity (Wildman–Crippen MR) is 63.6 cm³/mol. The molecule has 1 atom stereocenters. The summed E-state index contributed by atoms with van der Waals surface area (Å²) in [7, 11) is 0. The van der Waals surface area contributed by atoms with Gasteiger partial charge in [-0.05, 0) is 31.2 Å². The van der Waals surface area contributed by atoms with Crippen LogP contribution in [0.15, 0.2) is 24.4 Å². The summed E-state index contributed by atoms with van der Waals surface area (Å²) < 4.78 is 13.0. The molecule has 0 bridgehead atoms. The highest BCUT2D eigenvalue weighted by Crippen LogP contribution is 2.23. The van der Waals surface area contributed by atoms with E-state index in [1.165, 1.54) is 12.1 Å². The fourth-order valence-electron chi connectivity index (χ4n) is 2.40. The quantitative estimate of drug-likeness (QED) is 0.779. The van der Waals surface area contributed by atoms with Gasteiger partial charge in [0.2, 0.25) is 0 Å². The molecule has 2 aromatic rings. The monoisotopic (exact) mass is 232 g/mol. The first-order valence-electron chi connectivity index (χ1n) is 5.77. The molecule has 2 N–H and O–H groups in total. The second kappa shape index (κ2) is 3.96. The fraction of sp³-hybridized carbons (Fsp3) is 0.308. The highest BCUT2D eigenvalue weighted by atomic mass is 19.1. The van der Waals surface area contributed by atoms with E-state index in [1.54, 1.807) is 12.3 Å². The molecule has 0 aliphatic carbocycles. The van der Waals surface area contributed by atoms with Crippen molar-refractivity contribution < 1.29 is 9.18 Å². The Morgan fingerprint density at radius 1 is 1.41 bits per heavy atom. The number of Topliss-reactive ketones (excluding diaryl/α,β-unsaturated/α-hetero) is 1. The van der Waals surface area contributed by atoms with E-state index in [0.29, 0.717) is 11.1 Å². The Bertz CT molecular complexity index is 570. The smallest absolute Gasteiger partial charge is 0.169 e. The van der Waals surface area contributed by atoms with Crippen molar-refractivity contribution in [1.82, 2.24) is 10.3 Å². The topological polar surface area (TPSA) is 44.9 Å². The number of benzene rings is 1. The molecule has 17 heavy (non-hydrogen) atoms. The number of fused-ring (bicyclic) bond motifs is 1. The van der Waals surface area contributed by atoms with E-state index in [0.717, 1.165) is 24.9 Å². The van der Waals surface area contributed by atoms with Gasteiger partial charge in [0, 0.05) is 35.1 Å². The molecule has 1 aromatic heterocycles. The van der Waals surface area contributed by atoms with E-state index in [1.807, 2.05) is 0 Å². The molecule has 4 heteroatoms. The lowest BCUT2D eigenvalue weighted by molar-refractivity contribution is 0.0932. The zero-order valence-electron chi connectivity index (χ0n) is 9.29. The molecule has 3 rings (SSSR count). The number of hydrogen-bond acceptors (Lipinski definition) is 2. The van der Waals surface area contributed by atoms with Gasteiger partial charge in [0.25, 0.3) is 0 Å². The molecule has 0 radical (unpaired) electrons. The largest absolute Gasteiger partial charge is 0.360 e. The first kappa shape index (κ1) is 10.5. The molecule has 1 unspecified atom stereocenters. The fourth-order valence-corrected chi connectivity index (χ4v) is 2.40. The Morgan fingerprint density at radius 2 is 2.29 bits per heavy atom. The molecule has 1 aliphatic heterocycles. The van der Waals surface area contributed by atoms with Crippen LogP contribution in [-0.2, 0) is 0 Å². The lowest BCUT2D eigenvalue weighted by Crippen LogP contribution is -2.17. The van der Waals surface area contributed by atoms with E-state index >= 15 is 0 Å². The van der Waals surface area contributed by atoms with Crippen LogP contribution in [0.3, 0.4) is 0 Å². The summed E-state index contributed by atoms with van der Waals surface area (Å²) in [4.78, 5) is 15.2. The standard InChI is InChI=1S/C13H13FN2O/c14-9-1-2-10-11(7-16-12(10)5-9)13(17)8-3-4-15-6-8/h1-2,5,7-8,15-16H,3-4,6H2. The van der Waals surface area contributed by atoms with E-state index in [4.69, 9.17) is 0 Å². The minimum atomic E-state index is -0.291. The molecular formula is C13H13FN2O. The van der Waals surface area contributed by atoms with Gasteiger partial charge in [-0.3, -0.25) is 4.79 Å². The third-order valence-corrected chi connectivity index (χ3v) is 3.34. The number of H-pyrrole nitrogens is 1.